The SMILES string of the molecule is O=C(c1ccccc1CBr)c1ccc(F)cc1CBr. The van der Waals surface area contributed by atoms with Crippen LogP contribution in [0.3, 0.4) is 0 Å². The summed E-state index contributed by atoms with van der Waals surface area (Å²) in [5.41, 5.74) is 2.77. The molecule has 0 N–H and O–H groups in total. The number of carbonyl (C=O) groups is 1. The molecule has 0 atom stereocenters. The smallest absolute Gasteiger partial charge is 0.193 e. The van der Waals surface area contributed by atoms with E-state index in [4.69, 9.17) is 0 Å². The summed E-state index contributed by atoms with van der Waals surface area (Å²) in [7, 11) is 0. The zero-order valence-electron chi connectivity index (χ0n) is 10.00. The molecule has 2 aromatic rings. The molecule has 0 amide bonds. The fourth-order valence-corrected chi connectivity index (χ4v) is 2.85. The molecule has 2 aromatic carbocycles. The molecule has 0 spiro atoms. The van der Waals surface area contributed by atoms with Crippen molar-refractivity contribution in [1.29, 1.82) is 0 Å². The van der Waals surface area contributed by atoms with Gasteiger partial charge >= 0.3 is 0 Å². The van der Waals surface area contributed by atoms with Gasteiger partial charge in [0.25, 0.3) is 0 Å². The second kappa shape index (κ2) is 6.44. The molecule has 98 valence electrons. The Labute approximate surface area is 128 Å². The zero-order valence-corrected chi connectivity index (χ0v) is 13.2. The van der Waals surface area contributed by atoms with Crippen LogP contribution in [-0.4, -0.2) is 5.78 Å². The first-order chi connectivity index (χ1) is 9.17. The van der Waals surface area contributed by atoms with Crippen molar-refractivity contribution in [3.63, 3.8) is 0 Å². The van der Waals surface area contributed by atoms with Crippen molar-refractivity contribution in [2.45, 2.75) is 10.7 Å². The van der Waals surface area contributed by atoms with E-state index in [0.717, 1.165) is 5.56 Å². The molecule has 0 saturated carbocycles. The minimum atomic E-state index is -0.334. The normalized spacial score (nSPS) is 10.5. The number of rotatable bonds is 4. The highest BCUT2D eigenvalue weighted by molar-refractivity contribution is 9.08. The van der Waals surface area contributed by atoms with Crippen LogP contribution in [0.25, 0.3) is 0 Å². The molecule has 0 heterocycles. The number of hydrogen-bond acceptors (Lipinski definition) is 1. The lowest BCUT2D eigenvalue weighted by atomic mass is 9.96. The molecule has 1 nitrogen and oxygen atoms in total. The summed E-state index contributed by atoms with van der Waals surface area (Å²) >= 11 is 6.67. The molecule has 0 saturated heterocycles. The Balaban J connectivity index is 2.50. The van der Waals surface area contributed by atoms with Gasteiger partial charge in [-0.05, 0) is 29.3 Å². The first-order valence-corrected chi connectivity index (χ1v) is 7.94. The van der Waals surface area contributed by atoms with Gasteiger partial charge in [-0.3, -0.25) is 4.79 Å². The highest BCUT2D eigenvalue weighted by Crippen LogP contribution is 2.21. The fraction of sp³-hybridized carbons (Fsp3) is 0.133. The maximum absolute atomic E-state index is 13.2. The van der Waals surface area contributed by atoms with Crippen LogP contribution < -0.4 is 0 Å². The summed E-state index contributed by atoms with van der Waals surface area (Å²) in [4.78, 5) is 12.6. The Kier molecular flexibility index (Phi) is 4.88. The summed E-state index contributed by atoms with van der Waals surface area (Å²) in [6, 6.07) is 11.7. The average Bonchev–Trinajstić information content (AvgIpc) is 2.46. The molecule has 0 aliphatic rings. The zero-order chi connectivity index (χ0) is 13.8. The molecule has 0 aliphatic carbocycles. The van der Waals surface area contributed by atoms with Crippen LogP contribution in [0.15, 0.2) is 42.5 Å². The van der Waals surface area contributed by atoms with Crippen LogP contribution in [0.1, 0.15) is 27.0 Å². The number of halogens is 3. The Hall–Kier alpha value is -1.00. The van der Waals surface area contributed by atoms with Gasteiger partial charge in [0.1, 0.15) is 5.82 Å². The van der Waals surface area contributed by atoms with Crippen LogP contribution in [0.5, 0.6) is 0 Å². The first kappa shape index (κ1) is 14.4. The third kappa shape index (κ3) is 3.12. The monoisotopic (exact) mass is 384 g/mol. The van der Waals surface area contributed by atoms with E-state index in [1.165, 1.54) is 12.1 Å². The van der Waals surface area contributed by atoms with E-state index >= 15 is 0 Å². The van der Waals surface area contributed by atoms with Crippen molar-refractivity contribution in [2.24, 2.45) is 0 Å². The van der Waals surface area contributed by atoms with Gasteiger partial charge in [0.05, 0.1) is 0 Å². The van der Waals surface area contributed by atoms with E-state index in [9.17, 15) is 9.18 Å². The van der Waals surface area contributed by atoms with Crippen molar-refractivity contribution in [3.8, 4) is 0 Å². The van der Waals surface area contributed by atoms with E-state index in [1.54, 1.807) is 12.1 Å². The predicted octanol–water partition coefficient (Wildman–Crippen LogP) is 4.85. The van der Waals surface area contributed by atoms with Gasteiger partial charge in [-0.15, -0.1) is 0 Å². The molecular weight excluding hydrogens is 375 g/mol. The van der Waals surface area contributed by atoms with Gasteiger partial charge in [-0.2, -0.15) is 0 Å². The van der Waals surface area contributed by atoms with Crippen LogP contribution >= 0.6 is 31.9 Å². The van der Waals surface area contributed by atoms with Crippen molar-refractivity contribution >= 4 is 37.6 Å². The predicted molar refractivity (Wildman–Crippen MR) is 81.5 cm³/mol. The average molecular weight is 386 g/mol. The van der Waals surface area contributed by atoms with Crippen molar-refractivity contribution in [3.05, 3.63) is 70.5 Å². The molecule has 0 bridgehead atoms. The van der Waals surface area contributed by atoms with E-state index in [1.807, 2.05) is 18.2 Å². The Morgan fingerprint density at radius 1 is 0.947 bits per heavy atom. The summed E-state index contributed by atoms with van der Waals surface area (Å²) in [5.74, 6) is -0.413. The van der Waals surface area contributed by atoms with Crippen LogP contribution in [0.2, 0.25) is 0 Å². The molecule has 0 fully saturated rings. The highest BCUT2D eigenvalue weighted by atomic mass is 79.9. The molecular formula is C15H11Br2FO. The third-order valence-electron chi connectivity index (χ3n) is 2.86. The largest absolute Gasteiger partial charge is 0.289 e. The minimum absolute atomic E-state index is 0.0792. The van der Waals surface area contributed by atoms with Crippen LogP contribution in [0, 0.1) is 5.82 Å². The topological polar surface area (TPSA) is 17.1 Å². The van der Waals surface area contributed by atoms with Gasteiger partial charge in [0, 0.05) is 21.8 Å². The van der Waals surface area contributed by atoms with Crippen molar-refractivity contribution in [2.75, 3.05) is 0 Å². The van der Waals surface area contributed by atoms with Gasteiger partial charge in [-0.1, -0.05) is 56.1 Å². The Morgan fingerprint density at radius 3 is 2.26 bits per heavy atom. The van der Waals surface area contributed by atoms with Gasteiger partial charge < -0.3 is 0 Å². The number of ketones is 1. The number of alkyl halides is 2. The number of carbonyl (C=O) groups excluding carboxylic acids is 1. The lowest BCUT2D eigenvalue weighted by molar-refractivity contribution is 0.103. The quantitative estimate of drug-likeness (QED) is 0.543. The molecule has 4 heteroatoms. The molecule has 19 heavy (non-hydrogen) atoms. The summed E-state index contributed by atoms with van der Waals surface area (Å²) < 4.78 is 13.2. The van der Waals surface area contributed by atoms with E-state index in [0.29, 0.717) is 27.4 Å². The first-order valence-electron chi connectivity index (χ1n) is 5.70. The van der Waals surface area contributed by atoms with Gasteiger partial charge in [-0.25, -0.2) is 4.39 Å². The van der Waals surface area contributed by atoms with E-state index in [-0.39, 0.29) is 11.6 Å². The summed E-state index contributed by atoms with van der Waals surface area (Å²) in [6.07, 6.45) is 0. The second-order valence-electron chi connectivity index (χ2n) is 4.06. The maximum atomic E-state index is 13.2. The lowest BCUT2D eigenvalue weighted by Crippen LogP contribution is -2.07. The Bertz CT molecular complexity index is 611. The van der Waals surface area contributed by atoms with Crippen LogP contribution in [-0.2, 0) is 10.7 Å². The van der Waals surface area contributed by atoms with Gasteiger partial charge in [0.15, 0.2) is 5.78 Å². The van der Waals surface area contributed by atoms with E-state index in [2.05, 4.69) is 31.9 Å². The highest BCUT2D eigenvalue weighted by Gasteiger charge is 2.16. The van der Waals surface area contributed by atoms with E-state index < -0.39 is 0 Å². The molecule has 0 aromatic heterocycles. The summed E-state index contributed by atoms with van der Waals surface area (Å²) in [6.45, 7) is 0. The molecule has 2 rings (SSSR count). The number of benzene rings is 2. The van der Waals surface area contributed by atoms with Crippen molar-refractivity contribution in [1.82, 2.24) is 0 Å². The fourth-order valence-electron chi connectivity index (χ4n) is 1.90. The molecule has 0 radical (unpaired) electrons. The van der Waals surface area contributed by atoms with Crippen molar-refractivity contribution < 1.29 is 9.18 Å². The molecule has 0 unspecified atom stereocenters. The minimum Gasteiger partial charge on any atom is -0.289 e. The van der Waals surface area contributed by atoms with Gasteiger partial charge in [0.2, 0.25) is 0 Å². The molecule has 0 aliphatic heterocycles. The van der Waals surface area contributed by atoms with Crippen LogP contribution in [0.4, 0.5) is 4.39 Å². The maximum Gasteiger partial charge on any atom is 0.193 e. The lowest BCUT2D eigenvalue weighted by Gasteiger charge is -2.09. The summed E-state index contributed by atoms with van der Waals surface area (Å²) in [5, 5.41) is 1.06. The third-order valence-corrected chi connectivity index (χ3v) is 4.07. The standard InChI is InChI=1S/C15H11Br2FO/c16-8-10-3-1-2-4-13(10)15(19)14-6-5-12(18)7-11(14)9-17/h1-7H,8-9H2. The second-order valence-corrected chi connectivity index (χ2v) is 5.18. The Morgan fingerprint density at radius 2 is 1.58 bits per heavy atom. The number of hydrogen-bond donors (Lipinski definition) is 0.